The summed E-state index contributed by atoms with van der Waals surface area (Å²) in [5.74, 6) is -0.205. The molecule has 1 rings (SSSR count). The highest BCUT2D eigenvalue weighted by atomic mass is 127. The smallest absolute Gasteiger partial charge is 0.265 e. The van der Waals surface area contributed by atoms with E-state index < -0.39 is 0 Å². The van der Waals surface area contributed by atoms with Gasteiger partial charge in [0.1, 0.15) is 0 Å². The molecule has 0 spiro atoms. The molecular formula is C16H23IN2O2. The highest BCUT2D eigenvalue weighted by Crippen LogP contribution is 2.20. The average molecular weight is 402 g/mol. The van der Waals surface area contributed by atoms with Crippen molar-refractivity contribution in [1.29, 1.82) is 0 Å². The summed E-state index contributed by atoms with van der Waals surface area (Å²) in [4.78, 5) is 17.0. The van der Waals surface area contributed by atoms with Gasteiger partial charge in [0.15, 0.2) is 6.61 Å². The van der Waals surface area contributed by atoms with Crippen molar-refractivity contribution in [2.75, 3.05) is 16.4 Å². The van der Waals surface area contributed by atoms with Crippen LogP contribution in [0.5, 0.6) is 0 Å². The molecule has 0 unspecified atom stereocenters. The van der Waals surface area contributed by atoms with Crippen LogP contribution in [0.15, 0.2) is 23.4 Å². The molecule has 0 heterocycles. The molecule has 0 aromatic heterocycles. The Balaban J connectivity index is 2.53. The van der Waals surface area contributed by atoms with Gasteiger partial charge in [0.05, 0.1) is 5.71 Å². The standard InChI is InChI=1S/C16H23IN2O2/c1-11-6-12(2)8-14(7-11)18-15(20)9-21-19-13(3)16(4,5)10-17/h6-8H,9-10H2,1-5H3,(H,18,20)/b19-13+. The van der Waals surface area contributed by atoms with Crippen LogP contribution in [0.3, 0.4) is 0 Å². The van der Waals surface area contributed by atoms with Crippen molar-refractivity contribution in [1.82, 2.24) is 0 Å². The quantitative estimate of drug-likeness (QED) is 0.337. The number of halogens is 1. The van der Waals surface area contributed by atoms with Crippen molar-refractivity contribution in [2.24, 2.45) is 10.6 Å². The first-order valence-electron chi connectivity index (χ1n) is 6.86. The van der Waals surface area contributed by atoms with E-state index in [2.05, 4.69) is 53.0 Å². The maximum atomic E-state index is 11.8. The minimum atomic E-state index is -0.205. The number of hydrogen-bond acceptors (Lipinski definition) is 3. The van der Waals surface area contributed by atoms with Gasteiger partial charge in [-0.15, -0.1) is 0 Å². The van der Waals surface area contributed by atoms with Gasteiger partial charge in [-0.1, -0.05) is 47.7 Å². The van der Waals surface area contributed by atoms with E-state index in [1.54, 1.807) is 0 Å². The fourth-order valence-electron chi connectivity index (χ4n) is 1.65. The van der Waals surface area contributed by atoms with Gasteiger partial charge in [-0.25, -0.2) is 0 Å². The molecule has 21 heavy (non-hydrogen) atoms. The number of oxime groups is 1. The summed E-state index contributed by atoms with van der Waals surface area (Å²) in [6.07, 6.45) is 0. The molecule has 0 bridgehead atoms. The van der Waals surface area contributed by atoms with Gasteiger partial charge in [-0.05, 0) is 44.0 Å². The molecule has 0 radical (unpaired) electrons. The Bertz CT molecular complexity index is 519. The van der Waals surface area contributed by atoms with Gasteiger partial charge in [0.2, 0.25) is 0 Å². The first-order valence-corrected chi connectivity index (χ1v) is 8.38. The maximum Gasteiger partial charge on any atom is 0.265 e. The molecule has 116 valence electrons. The van der Waals surface area contributed by atoms with Gasteiger partial charge in [-0.2, -0.15) is 0 Å². The molecule has 0 saturated heterocycles. The van der Waals surface area contributed by atoms with Crippen molar-refractivity contribution < 1.29 is 9.63 Å². The average Bonchev–Trinajstić information content (AvgIpc) is 2.37. The number of anilines is 1. The molecule has 1 aromatic rings. The van der Waals surface area contributed by atoms with Crippen LogP contribution in [-0.2, 0) is 9.63 Å². The molecule has 4 nitrogen and oxygen atoms in total. The Hall–Kier alpha value is -1.11. The fraction of sp³-hybridized carbons (Fsp3) is 0.500. The zero-order chi connectivity index (χ0) is 16.0. The lowest BCUT2D eigenvalue weighted by Gasteiger charge is -2.20. The van der Waals surface area contributed by atoms with E-state index in [0.29, 0.717) is 0 Å². The third kappa shape index (κ3) is 6.03. The maximum absolute atomic E-state index is 11.8. The van der Waals surface area contributed by atoms with Crippen LogP contribution in [0, 0.1) is 19.3 Å². The Kier molecular flexibility index (Phi) is 6.64. The van der Waals surface area contributed by atoms with Crippen LogP contribution in [0.25, 0.3) is 0 Å². The molecule has 0 aliphatic rings. The van der Waals surface area contributed by atoms with E-state index in [4.69, 9.17) is 4.84 Å². The first-order chi connectivity index (χ1) is 9.74. The summed E-state index contributed by atoms with van der Waals surface area (Å²) >= 11 is 2.32. The lowest BCUT2D eigenvalue weighted by atomic mass is 9.91. The molecule has 0 aliphatic carbocycles. The predicted octanol–water partition coefficient (Wildman–Crippen LogP) is 4.10. The van der Waals surface area contributed by atoms with Crippen molar-refractivity contribution in [3.63, 3.8) is 0 Å². The third-order valence-electron chi connectivity index (χ3n) is 3.22. The summed E-state index contributed by atoms with van der Waals surface area (Å²) in [6.45, 7) is 10.0. The second-order valence-corrected chi connectivity index (χ2v) is 6.66. The number of aryl methyl sites for hydroxylation is 2. The Morgan fingerprint density at radius 1 is 1.29 bits per heavy atom. The van der Waals surface area contributed by atoms with Crippen LogP contribution in [-0.4, -0.2) is 22.7 Å². The third-order valence-corrected chi connectivity index (χ3v) is 5.12. The minimum absolute atomic E-state index is 0.0231. The largest absolute Gasteiger partial charge is 0.386 e. The second kappa shape index (κ2) is 7.77. The van der Waals surface area contributed by atoms with Crippen molar-refractivity contribution in [2.45, 2.75) is 34.6 Å². The normalized spacial score (nSPS) is 12.2. The molecule has 0 aliphatic heterocycles. The van der Waals surface area contributed by atoms with Crippen LogP contribution in [0.1, 0.15) is 31.9 Å². The molecular weight excluding hydrogens is 379 g/mol. The molecule has 1 amide bonds. The van der Waals surface area contributed by atoms with Crippen LogP contribution >= 0.6 is 22.6 Å². The van der Waals surface area contributed by atoms with Crippen LogP contribution < -0.4 is 5.32 Å². The van der Waals surface area contributed by atoms with Gasteiger partial charge in [-0.3, -0.25) is 4.79 Å². The molecule has 0 fully saturated rings. The Morgan fingerprint density at radius 3 is 2.38 bits per heavy atom. The summed E-state index contributed by atoms with van der Waals surface area (Å²) in [6, 6.07) is 5.92. The zero-order valence-corrected chi connectivity index (χ0v) is 15.4. The Morgan fingerprint density at radius 2 is 1.86 bits per heavy atom. The summed E-state index contributed by atoms with van der Waals surface area (Å²) in [7, 11) is 0. The van der Waals surface area contributed by atoms with Gasteiger partial charge < -0.3 is 10.2 Å². The Labute approximate surface area is 140 Å². The van der Waals surface area contributed by atoms with Gasteiger partial charge in [0.25, 0.3) is 5.91 Å². The van der Waals surface area contributed by atoms with E-state index in [9.17, 15) is 4.79 Å². The second-order valence-electron chi connectivity index (χ2n) is 5.89. The van der Waals surface area contributed by atoms with E-state index in [1.807, 2.05) is 32.9 Å². The number of hydrogen-bond donors (Lipinski definition) is 1. The predicted molar refractivity (Wildman–Crippen MR) is 96.3 cm³/mol. The van der Waals surface area contributed by atoms with E-state index in [0.717, 1.165) is 27.0 Å². The SMILES string of the molecule is C/C(=N\OCC(=O)Nc1cc(C)cc(C)c1)C(C)(C)CI. The number of nitrogens with one attached hydrogen (secondary N) is 1. The number of nitrogens with zero attached hydrogens (tertiary/aromatic N) is 1. The van der Waals surface area contributed by atoms with Crippen molar-refractivity contribution >= 4 is 39.9 Å². The minimum Gasteiger partial charge on any atom is -0.386 e. The fourth-order valence-corrected chi connectivity index (χ4v) is 2.20. The van der Waals surface area contributed by atoms with E-state index >= 15 is 0 Å². The summed E-state index contributed by atoms with van der Waals surface area (Å²) < 4.78 is 0.943. The number of alkyl halides is 1. The van der Waals surface area contributed by atoms with Crippen LogP contribution in [0.2, 0.25) is 0 Å². The summed E-state index contributed by atoms with van der Waals surface area (Å²) in [5.41, 5.74) is 3.88. The number of carbonyl (C=O) groups is 1. The van der Waals surface area contributed by atoms with Crippen molar-refractivity contribution in [3.8, 4) is 0 Å². The van der Waals surface area contributed by atoms with E-state index in [1.165, 1.54) is 0 Å². The number of benzene rings is 1. The molecule has 1 aromatic carbocycles. The van der Waals surface area contributed by atoms with Gasteiger partial charge >= 0.3 is 0 Å². The highest BCUT2D eigenvalue weighted by Gasteiger charge is 2.20. The number of rotatable bonds is 6. The van der Waals surface area contributed by atoms with Crippen molar-refractivity contribution in [3.05, 3.63) is 29.3 Å². The topological polar surface area (TPSA) is 50.7 Å². The molecule has 5 heteroatoms. The molecule has 1 N–H and O–H groups in total. The summed E-state index contributed by atoms with van der Waals surface area (Å²) in [5, 5.41) is 6.85. The lowest BCUT2D eigenvalue weighted by molar-refractivity contribution is -0.120. The first kappa shape index (κ1) is 17.9. The molecule has 0 atom stereocenters. The van der Waals surface area contributed by atoms with E-state index in [-0.39, 0.29) is 17.9 Å². The zero-order valence-electron chi connectivity index (χ0n) is 13.3. The van der Waals surface area contributed by atoms with Crippen LogP contribution in [0.4, 0.5) is 5.69 Å². The lowest BCUT2D eigenvalue weighted by Crippen LogP contribution is -2.24. The number of amides is 1. The van der Waals surface area contributed by atoms with Gasteiger partial charge in [0, 0.05) is 15.5 Å². The molecule has 0 saturated carbocycles. The monoisotopic (exact) mass is 402 g/mol. The number of carbonyl (C=O) groups excluding carboxylic acids is 1. The highest BCUT2D eigenvalue weighted by molar-refractivity contribution is 14.1.